The van der Waals surface area contributed by atoms with E-state index in [0.717, 1.165) is 11.1 Å². The maximum absolute atomic E-state index is 12.5. The van der Waals surface area contributed by atoms with Gasteiger partial charge in [-0.2, -0.15) is 0 Å². The fourth-order valence-corrected chi connectivity index (χ4v) is 12.0. The summed E-state index contributed by atoms with van der Waals surface area (Å²) in [6, 6.07) is 29.9. The maximum Gasteiger partial charge on any atom is 0.265 e. The highest BCUT2D eigenvalue weighted by atomic mass is 32.1. The molecule has 0 spiro atoms. The zero-order chi connectivity index (χ0) is 79.0. The Balaban J connectivity index is 0.000000211. The quantitative estimate of drug-likeness (QED) is 0.0292. The van der Waals surface area contributed by atoms with E-state index >= 15 is 0 Å². The molecule has 5 aliphatic heterocycles. The summed E-state index contributed by atoms with van der Waals surface area (Å²) < 4.78 is 15.5. The normalized spacial score (nSPS) is 16.7. The number of furan rings is 3. The van der Waals surface area contributed by atoms with Crippen LogP contribution < -0.4 is 5.32 Å². The van der Waals surface area contributed by atoms with Crippen molar-refractivity contribution in [2.75, 3.05) is 58.9 Å². The average molecular weight is 1550 g/mol. The van der Waals surface area contributed by atoms with Gasteiger partial charge < -0.3 is 13.3 Å². The summed E-state index contributed by atoms with van der Waals surface area (Å²) in [6.07, 6.45) is 33.8. The van der Waals surface area contributed by atoms with Gasteiger partial charge in [-0.3, -0.25) is 97.4 Å². The van der Waals surface area contributed by atoms with E-state index < -0.39 is 23.6 Å². The summed E-state index contributed by atoms with van der Waals surface area (Å²) in [7, 11) is 0. The van der Waals surface area contributed by atoms with Crippen molar-refractivity contribution in [3.05, 3.63) is 271 Å². The van der Waals surface area contributed by atoms with Gasteiger partial charge in [0, 0.05) is 58.9 Å². The minimum atomic E-state index is -0.456. The Morgan fingerprint density at radius 1 is 0.315 bits per heavy atom. The van der Waals surface area contributed by atoms with Gasteiger partial charge in [-0.15, -0.1) is 19.7 Å². The molecule has 0 bridgehead atoms. The second kappa shape index (κ2) is 42.9. The summed E-state index contributed by atoms with van der Waals surface area (Å²) in [4.78, 5) is 135. The molecule has 1 N–H and O–H groups in total. The molecule has 5 aromatic rings. The van der Waals surface area contributed by atoms with Crippen LogP contribution in [0.1, 0.15) is 70.0 Å². The molecule has 10 rings (SSSR count). The molecule has 0 unspecified atom stereocenters. The topological polar surface area (TPSA) is 251 Å². The largest absolute Gasteiger partial charge is 0.465 e. The van der Waals surface area contributed by atoms with Gasteiger partial charge in [0.15, 0.2) is 25.6 Å². The third kappa shape index (κ3) is 22.1. The first-order valence-electron chi connectivity index (χ1n) is 33.9. The molecule has 0 atom stereocenters. The SMILES string of the molecule is C=CCN1C(=O)/C(=C\C=C\c2ccco2)C(=O)N(CC)C1=S.C=CCN1C(=O)C(=C/C=C/c2ccco2)C(=O)N(CC=C)C1=S.CCN1C(=O)/C(=C\C=C\c2ccccc2)C(=O)NC1=S.CCN1C(=O)C(=C/C=C/c2ccccc2)C(=O)N(CC)C1=S.CCN1C(=O)C(=C/C=C/c2ccco2)C(=O)N(CC)C1=S. The number of benzene rings is 2. The molecule has 5 aliphatic rings. The van der Waals surface area contributed by atoms with E-state index in [0.29, 0.717) is 56.5 Å². The maximum atomic E-state index is 12.5. The standard InChI is InChI=1S/C17H16N2O3S.C17H18N2O2S.C16H16N2O3S.C15H16N2O3S.C15H14N2O2S/c1-3-10-18-15(20)14(9-5-7-13-8-6-12-22-13)16(21)19(11-4-2)17(18)23;1-3-18-15(20)14(16(21)19(4-2)17(18)22)12-8-11-13-9-6-5-7-10-13;1-3-10-18-15(20)13(14(19)17(4-2)16(18)22)9-5-7-12-8-6-11-21-12;1-3-16-13(18)12(14(19)17(4-2)15(16)21)9-5-7-11-8-6-10-20-11;1-2-17-14(19)12(13(18)16-15(17)20)10-6-9-11-7-4-3-5-8-11/h3-9,12H,1-2,10-11H2;5-12H,3-4H2,1-2H3;3,5-9,11H,1,4,10H2,2H3;5-10H,3-4H2,1-2H3;3-10H,2H2,1H3,(H,16,18,20)/b7-5+;11-8+;7-5+,13-9-;7-5+;9-6+,12-10-. The molecular weight excluding hydrogens is 1470 g/mol. The molecule has 0 radical (unpaired) electrons. The van der Waals surface area contributed by atoms with Crippen LogP contribution in [-0.2, 0) is 47.9 Å². The highest BCUT2D eigenvalue weighted by Crippen LogP contribution is 2.23. The Morgan fingerprint density at radius 3 is 0.815 bits per heavy atom. The van der Waals surface area contributed by atoms with Gasteiger partial charge in [0.2, 0.25) is 0 Å². The molecule has 5 saturated heterocycles. The Hall–Kier alpha value is -12.0. The van der Waals surface area contributed by atoms with Crippen molar-refractivity contribution in [3.8, 4) is 0 Å². The van der Waals surface area contributed by atoms with E-state index in [1.165, 1.54) is 68.4 Å². The summed E-state index contributed by atoms with van der Waals surface area (Å²) in [6.45, 7) is 25.1. The predicted molar refractivity (Wildman–Crippen MR) is 436 cm³/mol. The second-order valence-corrected chi connectivity index (χ2v) is 24.2. The number of nitrogens with one attached hydrogen (secondary N) is 1. The molecule has 0 aliphatic carbocycles. The van der Waals surface area contributed by atoms with Gasteiger partial charge in [-0.25, -0.2) is 0 Å². The summed E-state index contributed by atoms with van der Waals surface area (Å²) in [5.74, 6) is -1.97. The molecule has 8 heterocycles. The Bertz CT molecular complexity index is 4470. The highest BCUT2D eigenvalue weighted by molar-refractivity contribution is 7.81. The van der Waals surface area contributed by atoms with E-state index in [9.17, 15) is 47.9 Å². The smallest absolute Gasteiger partial charge is 0.265 e. The Labute approximate surface area is 653 Å². The molecule has 558 valence electrons. The number of thiocarbonyl (C=S) groups is 5. The van der Waals surface area contributed by atoms with Crippen molar-refractivity contribution in [2.24, 2.45) is 0 Å². The van der Waals surface area contributed by atoms with Gasteiger partial charge >= 0.3 is 0 Å². The molecule has 10 amide bonds. The van der Waals surface area contributed by atoms with Gasteiger partial charge in [-0.05, 0) is 199 Å². The fourth-order valence-electron chi connectivity index (χ4n) is 10.2. The van der Waals surface area contributed by atoms with E-state index in [1.807, 2.05) is 107 Å². The molecular formula is C80H80N10O13S5. The predicted octanol–water partition coefficient (Wildman–Crippen LogP) is 11.7. The third-order valence-electron chi connectivity index (χ3n) is 15.6. The number of hydrogen-bond donors (Lipinski definition) is 1. The zero-order valence-corrected chi connectivity index (χ0v) is 64.3. The van der Waals surface area contributed by atoms with Gasteiger partial charge in [0.25, 0.3) is 59.1 Å². The molecule has 3 aromatic heterocycles. The highest BCUT2D eigenvalue weighted by Gasteiger charge is 2.41. The monoisotopic (exact) mass is 1550 g/mol. The van der Waals surface area contributed by atoms with Crippen LogP contribution in [0.5, 0.6) is 0 Å². The van der Waals surface area contributed by atoms with Crippen LogP contribution >= 0.6 is 61.1 Å². The molecule has 5 fully saturated rings. The van der Waals surface area contributed by atoms with E-state index in [4.69, 9.17) is 74.3 Å². The number of rotatable bonds is 22. The van der Waals surface area contributed by atoms with Crippen LogP contribution in [-0.4, -0.2) is 188 Å². The lowest BCUT2D eigenvalue weighted by Gasteiger charge is -2.35. The number of allylic oxidation sites excluding steroid dienone is 10. The van der Waals surface area contributed by atoms with Gasteiger partial charge in [0.05, 0.1) is 18.8 Å². The van der Waals surface area contributed by atoms with E-state index in [1.54, 1.807) is 135 Å². The van der Waals surface area contributed by atoms with Crippen LogP contribution in [0.25, 0.3) is 30.4 Å². The van der Waals surface area contributed by atoms with Crippen molar-refractivity contribution in [1.82, 2.24) is 49.4 Å². The molecule has 23 nitrogen and oxygen atoms in total. The fraction of sp³-hybridized carbons (Fsp3) is 0.188. The molecule has 108 heavy (non-hydrogen) atoms. The minimum Gasteiger partial charge on any atom is -0.465 e. The first-order valence-corrected chi connectivity index (χ1v) is 35.9. The van der Waals surface area contributed by atoms with Crippen LogP contribution in [0.2, 0.25) is 0 Å². The van der Waals surface area contributed by atoms with Crippen molar-refractivity contribution in [3.63, 3.8) is 0 Å². The molecule has 2 aromatic carbocycles. The van der Waals surface area contributed by atoms with Gasteiger partial charge in [-0.1, -0.05) is 121 Å². The molecule has 0 saturated carbocycles. The van der Waals surface area contributed by atoms with Crippen molar-refractivity contribution in [1.29, 1.82) is 0 Å². The first-order chi connectivity index (χ1) is 52.0. The third-order valence-corrected chi connectivity index (χ3v) is 17.7. The van der Waals surface area contributed by atoms with Crippen molar-refractivity contribution < 1.29 is 61.2 Å². The summed E-state index contributed by atoms with van der Waals surface area (Å²) in [5, 5.41) is 3.58. The number of amides is 10. The van der Waals surface area contributed by atoms with E-state index in [-0.39, 0.29) is 109 Å². The lowest BCUT2D eigenvalue weighted by atomic mass is 10.1. The number of likely N-dealkylation sites (N-methyl/N-ethyl adjacent to an activating group) is 6. The van der Waals surface area contributed by atoms with Crippen molar-refractivity contribution >= 4 is 176 Å². The van der Waals surface area contributed by atoms with Gasteiger partial charge in [0.1, 0.15) is 45.1 Å². The zero-order valence-electron chi connectivity index (χ0n) is 60.2. The second-order valence-electron chi connectivity index (χ2n) is 22.4. The molecule has 28 heteroatoms. The van der Waals surface area contributed by atoms with E-state index in [2.05, 4.69) is 25.1 Å². The lowest BCUT2D eigenvalue weighted by Crippen LogP contribution is -2.56. The Morgan fingerprint density at radius 2 is 0.556 bits per heavy atom. The van der Waals surface area contributed by atoms with Crippen LogP contribution in [0.3, 0.4) is 0 Å². The number of carbonyl (C=O) groups excluding carboxylic acids is 10. The Kier molecular flexibility index (Phi) is 33.7. The minimum absolute atomic E-state index is 0.0325. The number of nitrogens with zero attached hydrogens (tertiary/aromatic N) is 9. The van der Waals surface area contributed by atoms with Crippen molar-refractivity contribution in [2.45, 2.75) is 41.5 Å². The summed E-state index contributed by atoms with van der Waals surface area (Å²) >= 11 is 25.8. The van der Waals surface area contributed by atoms with Crippen LogP contribution in [0, 0.1) is 0 Å². The number of hydrogen-bond acceptors (Lipinski definition) is 18. The number of carbonyl (C=O) groups is 10. The summed E-state index contributed by atoms with van der Waals surface area (Å²) in [5.41, 5.74) is 2.44. The first kappa shape index (κ1) is 85.0. The lowest BCUT2D eigenvalue weighted by molar-refractivity contribution is -0.135. The van der Waals surface area contributed by atoms with Crippen LogP contribution in [0.15, 0.2) is 256 Å². The van der Waals surface area contributed by atoms with Crippen LogP contribution in [0.4, 0.5) is 0 Å². The average Bonchev–Trinajstić information content (AvgIpc) is 0.868.